The van der Waals surface area contributed by atoms with Crippen LogP contribution in [0.1, 0.15) is 0 Å². The summed E-state index contributed by atoms with van der Waals surface area (Å²) in [6.07, 6.45) is 0. The molecule has 0 unspecified atom stereocenters. The lowest BCUT2D eigenvalue weighted by Gasteiger charge is -2.33. The highest BCUT2D eigenvalue weighted by Gasteiger charge is 2.43. The van der Waals surface area contributed by atoms with E-state index in [-0.39, 0.29) is 0 Å². The van der Waals surface area contributed by atoms with Gasteiger partial charge in [-0.25, -0.2) is 4.98 Å². The summed E-state index contributed by atoms with van der Waals surface area (Å²) in [4.78, 5) is 22.7. The van der Waals surface area contributed by atoms with Crippen molar-refractivity contribution in [2.45, 2.75) is 0 Å². The molecule has 5 heterocycles. The lowest BCUT2D eigenvalue weighted by molar-refractivity contribution is 0.892. The van der Waals surface area contributed by atoms with Crippen LogP contribution in [0.15, 0.2) is 249 Å². The first-order chi connectivity index (χ1) is 34.7. The Balaban J connectivity index is 1.15. The quantitative estimate of drug-likeness (QED) is 0.113. The van der Waals surface area contributed by atoms with E-state index in [0.29, 0.717) is 17.7 Å². The average Bonchev–Trinajstić information content (AvgIpc) is 4.08. The number of para-hydroxylation sites is 6. The fraction of sp³-hybridized carbons (Fsp3) is 0. The molecule has 0 saturated heterocycles. The minimum atomic E-state index is -3.23. The summed E-state index contributed by atoms with van der Waals surface area (Å²) in [5.74, 6) is 2.36. The Morgan fingerprint density at radius 3 is 0.914 bits per heavy atom. The Labute approximate surface area is 403 Å². The molecule has 5 aromatic heterocycles. The third-order valence-electron chi connectivity index (χ3n) is 14.1. The van der Waals surface area contributed by atoms with E-state index in [1.807, 2.05) is 0 Å². The molecular weight excluding hydrogens is 871 g/mol. The summed E-state index contributed by atoms with van der Waals surface area (Å²) in [6.45, 7) is 0. The van der Waals surface area contributed by atoms with E-state index in [2.05, 4.69) is 262 Å². The lowest BCUT2D eigenvalue weighted by Crippen LogP contribution is -2.75. The largest absolute Gasteiger partial charge is 0.294 e. The molecule has 14 rings (SSSR count). The van der Waals surface area contributed by atoms with Crippen LogP contribution in [0.4, 0.5) is 0 Å². The lowest BCUT2D eigenvalue weighted by atomic mass is 10.2. The van der Waals surface area contributed by atoms with Gasteiger partial charge in [0.1, 0.15) is 5.82 Å². The molecule has 0 aliphatic rings. The predicted octanol–water partition coefficient (Wildman–Crippen LogP) is 11.6. The highest BCUT2D eigenvalue weighted by atomic mass is 28.3. The number of nitrogens with zero attached hydrogens (tertiary/aromatic N) is 7. The van der Waals surface area contributed by atoms with Crippen molar-refractivity contribution >= 4 is 94.4 Å². The van der Waals surface area contributed by atoms with Gasteiger partial charge >= 0.3 is 0 Å². The fourth-order valence-corrected chi connectivity index (χ4v) is 15.7. The molecule has 0 saturated carbocycles. The maximum absolute atomic E-state index is 5.95. The van der Waals surface area contributed by atoms with Crippen LogP contribution in [-0.2, 0) is 0 Å². The molecule has 0 N–H and O–H groups in total. The smallest absolute Gasteiger partial charge is 0.240 e. The summed E-state index contributed by atoms with van der Waals surface area (Å²) in [6, 6.07) is 88.7. The number of rotatable bonds is 8. The number of aromatic nitrogens is 7. The van der Waals surface area contributed by atoms with Gasteiger partial charge in [0.15, 0.2) is 5.82 Å². The van der Waals surface area contributed by atoms with Gasteiger partial charge in [-0.1, -0.05) is 200 Å². The van der Waals surface area contributed by atoms with Crippen LogP contribution in [0.3, 0.4) is 0 Å². The second kappa shape index (κ2) is 15.9. The van der Waals surface area contributed by atoms with Crippen LogP contribution in [0.2, 0.25) is 0 Å². The van der Waals surface area contributed by atoms with E-state index >= 15 is 0 Å². The Hall–Kier alpha value is -9.24. The first-order valence-electron chi connectivity index (χ1n) is 23.7. The Bertz CT molecular complexity index is 3920. The van der Waals surface area contributed by atoms with E-state index in [1.54, 1.807) is 0 Å². The van der Waals surface area contributed by atoms with Crippen molar-refractivity contribution in [2.75, 3.05) is 0 Å². The van der Waals surface area contributed by atoms with Gasteiger partial charge in [-0.15, -0.1) is 0 Å². The monoisotopic (exact) mass is 911 g/mol. The summed E-state index contributed by atoms with van der Waals surface area (Å²) >= 11 is 0. The van der Waals surface area contributed by atoms with E-state index in [1.165, 1.54) is 15.6 Å². The van der Waals surface area contributed by atoms with Gasteiger partial charge in [0, 0.05) is 43.2 Å². The predicted molar refractivity (Wildman–Crippen MR) is 290 cm³/mol. The molecule has 328 valence electrons. The fourth-order valence-electron chi connectivity index (χ4n) is 11.1. The first kappa shape index (κ1) is 39.9. The minimum Gasteiger partial charge on any atom is -0.294 e. The zero-order valence-corrected chi connectivity index (χ0v) is 38.8. The third kappa shape index (κ3) is 6.00. The minimum absolute atomic E-state index is 0.522. The van der Waals surface area contributed by atoms with Crippen LogP contribution < -0.4 is 20.9 Å². The molecule has 70 heavy (non-hydrogen) atoms. The van der Waals surface area contributed by atoms with Crippen molar-refractivity contribution in [2.24, 2.45) is 0 Å². The van der Waals surface area contributed by atoms with E-state index in [4.69, 9.17) is 19.9 Å². The van der Waals surface area contributed by atoms with Crippen molar-refractivity contribution < 1.29 is 0 Å². The van der Waals surface area contributed by atoms with Gasteiger partial charge in [0.25, 0.3) is 0 Å². The van der Waals surface area contributed by atoms with Crippen LogP contribution in [0, 0.1) is 0 Å². The number of hydrogen-bond acceptors (Lipinski definition) is 4. The number of pyridine rings is 1. The molecule has 0 spiro atoms. The van der Waals surface area contributed by atoms with Crippen molar-refractivity contribution in [3.8, 4) is 29.1 Å². The van der Waals surface area contributed by atoms with E-state index < -0.39 is 8.07 Å². The number of fused-ring (bicyclic) bond motifs is 9. The van der Waals surface area contributed by atoms with Gasteiger partial charge in [-0.2, -0.15) is 15.0 Å². The van der Waals surface area contributed by atoms with Gasteiger partial charge in [0.2, 0.25) is 20.0 Å². The number of benzene rings is 9. The van der Waals surface area contributed by atoms with Crippen molar-refractivity contribution in [3.05, 3.63) is 249 Å². The van der Waals surface area contributed by atoms with Crippen molar-refractivity contribution in [3.63, 3.8) is 0 Å². The van der Waals surface area contributed by atoms with E-state index in [9.17, 15) is 0 Å². The second-order valence-corrected chi connectivity index (χ2v) is 21.6. The van der Waals surface area contributed by atoms with Crippen LogP contribution >= 0.6 is 0 Å². The second-order valence-electron chi connectivity index (χ2n) is 17.8. The molecule has 0 radical (unpaired) electrons. The summed E-state index contributed by atoms with van der Waals surface area (Å²) < 4.78 is 6.71. The van der Waals surface area contributed by atoms with Crippen LogP contribution in [0.5, 0.6) is 0 Å². The molecule has 7 nitrogen and oxygen atoms in total. The highest BCUT2D eigenvalue weighted by molar-refractivity contribution is 7.19. The standard InChI is InChI=1S/C62H41N7Si/c1-4-22-43(23-5-1)70(44-24-6-2-7-25-44,45-26-8-3-9-27-45)59-41-42(40-58(63-59)67-52-34-16-10-28-46(52)47-29-11-17-35-53(47)67)60-64-61(68-54-36-18-12-30-48(54)49-31-13-19-37-55(49)68)66-62(65-60)69-56-38-20-14-32-50(56)51-33-15-21-39-57(51)69/h1-41H. The molecular formula is C62H41N7Si. The average molecular weight is 912 g/mol. The molecule has 0 aliphatic heterocycles. The molecule has 8 heteroatoms. The van der Waals surface area contributed by atoms with Gasteiger partial charge in [-0.05, 0) is 64.1 Å². The zero-order chi connectivity index (χ0) is 46.2. The maximum Gasteiger partial charge on any atom is 0.240 e. The Kier molecular flexibility index (Phi) is 9.08. The molecule has 0 amide bonds. The third-order valence-corrected chi connectivity index (χ3v) is 18.7. The summed E-state index contributed by atoms with van der Waals surface area (Å²) in [5, 5.41) is 11.4. The maximum atomic E-state index is 5.95. The van der Waals surface area contributed by atoms with Crippen LogP contribution in [-0.4, -0.2) is 41.7 Å². The first-order valence-corrected chi connectivity index (χ1v) is 25.7. The molecule has 0 fully saturated rings. The topological polar surface area (TPSA) is 66.3 Å². The zero-order valence-electron chi connectivity index (χ0n) is 37.8. The van der Waals surface area contributed by atoms with Crippen molar-refractivity contribution in [1.29, 1.82) is 0 Å². The molecule has 0 bridgehead atoms. The molecule has 0 atom stereocenters. The normalized spacial score (nSPS) is 12.0. The van der Waals surface area contributed by atoms with Gasteiger partial charge in [0.05, 0.1) is 33.1 Å². The van der Waals surface area contributed by atoms with Crippen molar-refractivity contribution in [1.82, 2.24) is 33.6 Å². The Morgan fingerprint density at radius 2 is 0.571 bits per heavy atom. The van der Waals surface area contributed by atoms with Gasteiger partial charge < -0.3 is 0 Å². The molecule has 9 aromatic carbocycles. The molecule has 0 aliphatic carbocycles. The van der Waals surface area contributed by atoms with Crippen LogP contribution in [0.25, 0.3) is 94.5 Å². The number of hydrogen-bond donors (Lipinski definition) is 0. The molecule has 14 aromatic rings. The highest BCUT2D eigenvalue weighted by Crippen LogP contribution is 2.36. The Morgan fingerprint density at radius 1 is 0.271 bits per heavy atom. The SMILES string of the molecule is c1ccc([Si](c2ccccc2)(c2ccccc2)c2cc(-c3nc(-n4c5ccccc5c5ccccc54)nc(-n4c5ccccc5c5ccccc54)n3)cc(-n3c4ccccc4c4ccccc43)n2)cc1. The van der Waals surface area contributed by atoms with Gasteiger partial charge in [-0.3, -0.25) is 13.7 Å². The summed E-state index contributed by atoms with van der Waals surface area (Å²) in [7, 11) is -3.23. The summed E-state index contributed by atoms with van der Waals surface area (Å²) in [5.41, 5.74) is 7.01. The van der Waals surface area contributed by atoms with E-state index in [0.717, 1.165) is 82.1 Å².